The molecule has 2 aliphatic rings. The van der Waals surface area contributed by atoms with E-state index in [4.69, 9.17) is 26.1 Å². The standard InChI is InChI=1S/C31H33ClN2O2/c1-4-15-36-31-27(32)17-21(18-29(31)35-5-2)19-33-23-12-10-22(11-13-23)30-25-8-6-7-24(25)26-16-20(3)9-14-28(26)34-30/h6-7,9-14,16-19,24-25,30,34H,4-5,8,15H2,1-3H3/t24-,25+,30-/m0/s1. The van der Waals surface area contributed by atoms with Crippen molar-refractivity contribution in [2.45, 2.75) is 45.6 Å². The second kappa shape index (κ2) is 10.8. The molecule has 0 radical (unpaired) electrons. The first kappa shape index (κ1) is 24.5. The fraction of sp³-hybridized carbons (Fsp3) is 0.323. The van der Waals surface area contributed by atoms with Gasteiger partial charge in [0, 0.05) is 17.8 Å². The van der Waals surface area contributed by atoms with E-state index in [0.29, 0.717) is 41.6 Å². The fourth-order valence-corrected chi connectivity index (χ4v) is 5.50. The lowest BCUT2D eigenvalue weighted by molar-refractivity contribution is 0.277. The van der Waals surface area contributed by atoms with Crippen LogP contribution in [0.15, 0.2) is 71.7 Å². The number of nitrogens with zero attached hydrogens (tertiary/aromatic N) is 1. The first-order chi connectivity index (χ1) is 17.6. The minimum absolute atomic E-state index is 0.279. The van der Waals surface area contributed by atoms with Gasteiger partial charge in [0.1, 0.15) is 0 Å². The van der Waals surface area contributed by atoms with Crippen molar-refractivity contribution in [1.82, 2.24) is 0 Å². The molecule has 3 aromatic carbocycles. The van der Waals surface area contributed by atoms with Crippen LogP contribution < -0.4 is 14.8 Å². The highest BCUT2D eigenvalue weighted by Gasteiger charge is 2.37. The molecule has 1 aliphatic carbocycles. The molecule has 0 amide bonds. The number of nitrogens with one attached hydrogen (secondary N) is 1. The largest absolute Gasteiger partial charge is 0.490 e. The van der Waals surface area contributed by atoms with Crippen molar-refractivity contribution in [1.29, 1.82) is 0 Å². The molecule has 5 rings (SSSR count). The molecular weight excluding hydrogens is 468 g/mol. The van der Waals surface area contributed by atoms with Crippen LogP contribution in [-0.4, -0.2) is 19.4 Å². The Bertz CT molecular complexity index is 1280. The molecule has 1 N–H and O–H groups in total. The van der Waals surface area contributed by atoms with Crippen molar-refractivity contribution < 1.29 is 9.47 Å². The second-order valence-electron chi connectivity index (χ2n) is 9.53. The summed E-state index contributed by atoms with van der Waals surface area (Å²) < 4.78 is 11.6. The quantitative estimate of drug-likeness (QED) is 0.249. The third kappa shape index (κ3) is 5.01. The van der Waals surface area contributed by atoms with Gasteiger partial charge in [0.15, 0.2) is 11.5 Å². The van der Waals surface area contributed by atoms with E-state index < -0.39 is 0 Å². The third-order valence-corrected chi connectivity index (χ3v) is 7.20. The monoisotopic (exact) mass is 500 g/mol. The Morgan fingerprint density at radius 2 is 1.89 bits per heavy atom. The molecule has 0 unspecified atom stereocenters. The van der Waals surface area contributed by atoms with E-state index in [1.165, 1.54) is 22.4 Å². The highest BCUT2D eigenvalue weighted by molar-refractivity contribution is 6.32. The van der Waals surface area contributed by atoms with Crippen molar-refractivity contribution in [2.24, 2.45) is 10.9 Å². The Balaban J connectivity index is 1.34. The van der Waals surface area contributed by atoms with E-state index in [0.717, 1.165) is 24.1 Å². The van der Waals surface area contributed by atoms with E-state index in [2.05, 4.69) is 73.8 Å². The SMILES string of the molecule is CCCOc1c(Cl)cc(C=Nc2ccc([C@@H]3Nc4ccc(C)cc4[C@H]4C=CC[C@H]43)cc2)cc1OCC. The number of hydrogen-bond donors (Lipinski definition) is 1. The summed E-state index contributed by atoms with van der Waals surface area (Å²) in [6.07, 6.45) is 8.54. The average Bonchev–Trinajstić information content (AvgIpc) is 3.38. The van der Waals surface area contributed by atoms with Gasteiger partial charge in [0.25, 0.3) is 0 Å². The lowest BCUT2D eigenvalue weighted by Crippen LogP contribution is -2.29. The molecule has 5 heteroatoms. The van der Waals surface area contributed by atoms with Gasteiger partial charge in [-0.1, -0.05) is 60.5 Å². The van der Waals surface area contributed by atoms with Gasteiger partial charge in [-0.25, -0.2) is 0 Å². The van der Waals surface area contributed by atoms with E-state index in [1.54, 1.807) is 0 Å². The van der Waals surface area contributed by atoms with Gasteiger partial charge in [0.05, 0.1) is 30.0 Å². The number of benzene rings is 3. The minimum Gasteiger partial charge on any atom is -0.490 e. The Hall–Kier alpha value is -3.24. The topological polar surface area (TPSA) is 42.8 Å². The summed E-state index contributed by atoms with van der Waals surface area (Å²) in [5.41, 5.74) is 7.03. The summed E-state index contributed by atoms with van der Waals surface area (Å²) in [5, 5.41) is 4.35. The van der Waals surface area contributed by atoms with Crippen LogP contribution in [0.25, 0.3) is 0 Å². The van der Waals surface area contributed by atoms with Crippen molar-refractivity contribution in [3.8, 4) is 11.5 Å². The van der Waals surface area contributed by atoms with E-state index in [1.807, 2.05) is 25.3 Å². The van der Waals surface area contributed by atoms with E-state index in [9.17, 15) is 0 Å². The predicted molar refractivity (Wildman–Crippen MR) is 150 cm³/mol. The minimum atomic E-state index is 0.279. The highest BCUT2D eigenvalue weighted by atomic mass is 35.5. The van der Waals surface area contributed by atoms with Crippen LogP contribution >= 0.6 is 11.6 Å². The van der Waals surface area contributed by atoms with Crippen LogP contribution in [0.1, 0.15) is 60.9 Å². The number of hydrogen-bond acceptors (Lipinski definition) is 4. The smallest absolute Gasteiger partial charge is 0.179 e. The molecule has 4 nitrogen and oxygen atoms in total. The predicted octanol–water partition coefficient (Wildman–Crippen LogP) is 8.41. The number of allylic oxidation sites excluding steroid dienone is 2. The first-order valence-corrected chi connectivity index (χ1v) is 13.2. The molecular formula is C31H33ClN2O2. The number of aryl methyl sites for hydroxylation is 1. The van der Waals surface area contributed by atoms with Gasteiger partial charge < -0.3 is 14.8 Å². The Morgan fingerprint density at radius 1 is 1.06 bits per heavy atom. The molecule has 0 bridgehead atoms. The summed E-state index contributed by atoms with van der Waals surface area (Å²) in [6.45, 7) is 7.31. The number of fused-ring (bicyclic) bond motifs is 3. The lowest BCUT2D eigenvalue weighted by atomic mass is 9.76. The van der Waals surface area contributed by atoms with Crippen LogP contribution in [0.4, 0.5) is 11.4 Å². The number of halogens is 1. The summed E-state index contributed by atoms with van der Waals surface area (Å²) in [6, 6.07) is 19.4. The molecule has 0 aromatic heterocycles. The van der Waals surface area contributed by atoms with Gasteiger partial charge in [-0.05, 0) is 79.6 Å². The van der Waals surface area contributed by atoms with Crippen molar-refractivity contribution in [2.75, 3.05) is 18.5 Å². The van der Waals surface area contributed by atoms with E-state index in [-0.39, 0.29) is 6.04 Å². The molecule has 0 fully saturated rings. The van der Waals surface area contributed by atoms with Crippen LogP contribution in [-0.2, 0) is 0 Å². The molecule has 1 heterocycles. The molecule has 0 spiro atoms. The Labute approximate surface area is 219 Å². The summed E-state index contributed by atoms with van der Waals surface area (Å²) in [4.78, 5) is 4.70. The molecule has 0 saturated heterocycles. The molecule has 3 atom stereocenters. The van der Waals surface area contributed by atoms with Gasteiger partial charge in [0.2, 0.25) is 0 Å². The third-order valence-electron chi connectivity index (χ3n) is 6.92. The maximum absolute atomic E-state index is 6.50. The van der Waals surface area contributed by atoms with Gasteiger partial charge >= 0.3 is 0 Å². The zero-order chi connectivity index (χ0) is 25.1. The van der Waals surface area contributed by atoms with Gasteiger partial charge in [-0.2, -0.15) is 0 Å². The zero-order valence-corrected chi connectivity index (χ0v) is 21.9. The summed E-state index contributed by atoms with van der Waals surface area (Å²) in [5.74, 6) is 2.24. The molecule has 1 aliphatic heterocycles. The molecule has 186 valence electrons. The number of anilines is 1. The lowest BCUT2D eigenvalue weighted by Gasteiger charge is -2.37. The van der Waals surface area contributed by atoms with Gasteiger partial charge in [-0.15, -0.1) is 0 Å². The number of rotatable bonds is 8. The van der Waals surface area contributed by atoms with Crippen LogP contribution in [0.3, 0.4) is 0 Å². The highest BCUT2D eigenvalue weighted by Crippen LogP contribution is 2.50. The first-order valence-electron chi connectivity index (χ1n) is 12.8. The normalized spacial score (nSPS) is 20.2. The van der Waals surface area contributed by atoms with Crippen LogP contribution in [0.5, 0.6) is 11.5 Å². The van der Waals surface area contributed by atoms with Crippen LogP contribution in [0, 0.1) is 12.8 Å². The molecule has 36 heavy (non-hydrogen) atoms. The molecule has 3 aromatic rings. The van der Waals surface area contributed by atoms with Crippen LogP contribution in [0.2, 0.25) is 5.02 Å². The van der Waals surface area contributed by atoms with Crippen molar-refractivity contribution >= 4 is 29.2 Å². The Morgan fingerprint density at radius 3 is 2.67 bits per heavy atom. The Kier molecular flexibility index (Phi) is 7.33. The second-order valence-corrected chi connectivity index (χ2v) is 9.93. The maximum Gasteiger partial charge on any atom is 0.179 e. The summed E-state index contributed by atoms with van der Waals surface area (Å²) >= 11 is 6.50. The number of aliphatic imine (C=N–C) groups is 1. The number of ether oxygens (including phenoxy) is 2. The van der Waals surface area contributed by atoms with Crippen molar-refractivity contribution in [3.05, 3.63) is 94.0 Å². The molecule has 0 saturated carbocycles. The van der Waals surface area contributed by atoms with E-state index >= 15 is 0 Å². The summed E-state index contributed by atoms with van der Waals surface area (Å²) in [7, 11) is 0. The maximum atomic E-state index is 6.50. The van der Waals surface area contributed by atoms with Crippen molar-refractivity contribution in [3.63, 3.8) is 0 Å². The average molecular weight is 501 g/mol. The zero-order valence-electron chi connectivity index (χ0n) is 21.1. The van der Waals surface area contributed by atoms with Gasteiger partial charge in [-0.3, -0.25) is 4.99 Å². The fourth-order valence-electron chi connectivity index (χ4n) is 5.23.